The van der Waals surface area contributed by atoms with Crippen LogP contribution in [0.25, 0.3) is 0 Å². The average Bonchev–Trinajstić information content (AvgIpc) is 2.85. The fourth-order valence-electron chi connectivity index (χ4n) is 1.63. The number of hydrogen-bond donors (Lipinski definition) is 2. The molecule has 0 atom stereocenters. The van der Waals surface area contributed by atoms with E-state index >= 15 is 0 Å². The molecule has 0 radical (unpaired) electrons. The van der Waals surface area contributed by atoms with Gasteiger partial charge in [-0.3, -0.25) is 14.3 Å². The molecule has 1 amide bonds. The molecule has 0 aliphatic rings. The maximum atomic E-state index is 11.9. The van der Waals surface area contributed by atoms with Crippen LogP contribution in [-0.4, -0.2) is 50.3 Å². The van der Waals surface area contributed by atoms with Crippen LogP contribution in [0.3, 0.4) is 0 Å². The van der Waals surface area contributed by atoms with Crippen molar-refractivity contribution in [2.24, 2.45) is 0 Å². The summed E-state index contributed by atoms with van der Waals surface area (Å²) in [5.41, 5.74) is 0.434. The summed E-state index contributed by atoms with van der Waals surface area (Å²) in [6, 6.07) is 1.69. The molecule has 0 aliphatic heterocycles. The van der Waals surface area contributed by atoms with Gasteiger partial charge in [0.2, 0.25) is 11.9 Å². The molecule has 0 spiro atoms. The SMILES string of the molecule is CN(CC(=O)Nc1cnn(CC(=O)O)c1)c1ncccn1. The minimum Gasteiger partial charge on any atom is -0.480 e. The van der Waals surface area contributed by atoms with Gasteiger partial charge in [-0.15, -0.1) is 0 Å². The molecule has 0 aliphatic carbocycles. The molecule has 2 aromatic heterocycles. The number of rotatable bonds is 6. The van der Waals surface area contributed by atoms with Gasteiger partial charge in [0.15, 0.2) is 0 Å². The van der Waals surface area contributed by atoms with Gasteiger partial charge in [-0.25, -0.2) is 9.97 Å². The van der Waals surface area contributed by atoms with Gasteiger partial charge in [0.05, 0.1) is 18.4 Å². The Kier molecular flexibility index (Phi) is 4.44. The Balaban J connectivity index is 1.89. The van der Waals surface area contributed by atoms with E-state index in [-0.39, 0.29) is 19.0 Å². The highest BCUT2D eigenvalue weighted by Gasteiger charge is 2.11. The van der Waals surface area contributed by atoms with Crippen LogP contribution in [0.1, 0.15) is 0 Å². The first kappa shape index (κ1) is 14.4. The number of carboxylic acids is 1. The molecule has 2 aromatic rings. The number of carboxylic acid groups (broad SMARTS) is 1. The van der Waals surface area contributed by atoms with Crippen molar-refractivity contribution >= 4 is 23.5 Å². The van der Waals surface area contributed by atoms with Gasteiger partial charge < -0.3 is 15.3 Å². The summed E-state index contributed by atoms with van der Waals surface area (Å²) in [7, 11) is 1.70. The van der Waals surface area contributed by atoms with Crippen LogP contribution in [-0.2, 0) is 16.1 Å². The van der Waals surface area contributed by atoms with Crippen LogP contribution in [0.2, 0.25) is 0 Å². The van der Waals surface area contributed by atoms with Gasteiger partial charge in [-0.2, -0.15) is 5.10 Å². The number of nitrogens with one attached hydrogen (secondary N) is 1. The first-order valence-corrected chi connectivity index (χ1v) is 6.07. The van der Waals surface area contributed by atoms with Crippen LogP contribution in [0, 0.1) is 0 Å². The van der Waals surface area contributed by atoms with Crippen LogP contribution in [0.15, 0.2) is 30.9 Å². The number of amides is 1. The fraction of sp³-hybridized carbons (Fsp3) is 0.250. The Morgan fingerprint density at radius 2 is 2.10 bits per heavy atom. The number of likely N-dealkylation sites (N-methyl/N-ethyl adjacent to an activating group) is 1. The Hall–Kier alpha value is -2.97. The first-order valence-electron chi connectivity index (χ1n) is 6.07. The van der Waals surface area contributed by atoms with Crippen molar-refractivity contribution in [3.63, 3.8) is 0 Å². The monoisotopic (exact) mass is 290 g/mol. The van der Waals surface area contributed by atoms with Crippen molar-refractivity contribution in [3.8, 4) is 0 Å². The highest BCUT2D eigenvalue weighted by molar-refractivity contribution is 5.93. The third-order valence-electron chi connectivity index (χ3n) is 2.49. The quantitative estimate of drug-likeness (QED) is 0.759. The first-order chi connectivity index (χ1) is 10.0. The van der Waals surface area contributed by atoms with Gasteiger partial charge in [-0.05, 0) is 6.07 Å². The molecule has 0 aromatic carbocycles. The lowest BCUT2D eigenvalue weighted by Gasteiger charge is -2.15. The van der Waals surface area contributed by atoms with E-state index < -0.39 is 5.97 Å². The lowest BCUT2D eigenvalue weighted by molar-refractivity contribution is -0.137. The largest absolute Gasteiger partial charge is 0.480 e. The highest BCUT2D eigenvalue weighted by Crippen LogP contribution is 2.06. The summed E-state index contributed by atoms with van der Waals surface area (Å²) < 4.78 is 1.22. The highest BCUT2D eigenvalue weighted by atomic mass is 16.4. The molecule has 110 valence electrons. The van der Waals surface area contributed by atoms with Crippen LogP contribution in [0.4, 0.5) is 11.6 Å². The molecule has 0 saturated carbocycles. The zero-order valence-electron chi connectivity index (χ0n) is 11.3. The second-order valence-electron chi connectivity index (χ2n) is 4.27. The van der Waals surface area contributed by atoms with Crippen molar-refractivity contribution < 1.29 is 14.7 Å². The molecule has 2 rings (SSSR count). The van der Waals surface area contributed by atoms with Gasteiger partial charge in [0, 0.05) is 25.6 Å². The maximum Gasteiger partial charge on any atom is 0.325 e. The van der Waals surface area contributed by atoms with Gasteiger partial charge in [0.25, 0.3) is 0 Å². The Bertz CT molecular complexity index is 627. The number of carbonyl (C=O) groups is 2. The third kappa shape index (κ3) is 4.27. The van der Waals surface area contributed by atoms with Crippen LogP contribution >= 0.6 is 0 Å². The van der Waals surface area contributed by atoms with E-state index in [1.165, 1.54) is 17.1 Å². The van der Waals surface area contributed by atoms with Crippen molar-refractivity contribution in [3.05, 3.63) is 30.9 Å². The molecule has 0 unspecified atom stereocenters. The van der Waals surface area contributed by atoms with E-state index in [1.807, 2.05) is 0 Å². The molecule has 9 heteroatoms. The molecule has 2 N–H and O–H groups in total. The van der Waals surface area contributed by atoms with Crippen molar-refractivity contribution in [1.82, 2.24) is 19.7 Å². The predicted octanol–water partition coefficient (Wildman–Crippen LogP) is -0.167. The molecular formula is C12H14N6O3. The van der Waals surface area contributed by atoms with E-state index in [0.29, 0.717) is 11.6 Å². The van der Waals surface area contributed by atoms with Crippen molar-refractivity contribution in [2.45, 2.75) is 6.54 Å². The summed E-state index contributed by atoms with van der Waals surface area (Å²) in [4.78, 5) is 32.1. The molecule has 2 heterocycles. The Labute approximate surface area is 120 Å². The van der Waals surface area contributed by atoms with Crippen molar-refractivity contribution in [1.29, 1.82) is 0 Å². The standard InChI is InChI=1S/C12H14N6O3/c1-17(12-13-3-2-4-14-12)7-10(19)16-9-5-15-18(6-9)8-11(20)21/h2-6H,7-8H2,1H3,(H,16,19)(H,20,21). The second-order valence-corrected chi connectivity index (χ2v) is 4.27. The zero-order chi connectivity index (χ0) is 15.2. The smallest absolute Gasteiger partial charge is 0.325 e. The summed E-state index contributed by atoms with van der Waals surface area (Å²) in [5.74, 6) is -0.842. The lowest BCUT2D eigenvalue weighted by atomic mass is 10.4. The van der Waals surface area contributed by atoms with E-state index in [2.05, 4.69) is 20.4 Å². The number of anilines is 2. The number of hydrogen-bond acceptors (Lipinski definition) is 6. The lowest BCUT2D eigenvalue weighted by Crippen LogP contribution is -2.31. The van der Waals surface area contributed by atoms with Crippen LogP contribution in [0.5, 0.6) is 0 Å². The minimum atomic E-state index is -1.00. The summed E-state index contributed by atoms with van der Waals surface area (Å²) in [6.45, 7) is -0.193. The number of carbonyl (C=O) groups excluding carboxylic acids is 1. The Morgan fingerprint density at radius 1 is 1.38 bits per heavy atom. The van der Waals surface area contributed by atoms with E-state index in [1.54, 1.807) is 30.4 Å². The Morgan fingerprint density at radius 3 is 2.76 bits per heavy atom. The third-order valence-corrected chi connectivity index (χ3v) is 2.49. The fourth-order valence-corrected chi connectivity index (χ4v) is 1.63. The minimum absolute atomic E-state index is 0.0636. The summed E-state index contributed by atoms with van der Waals surface area (Å²) in [5, 5.41) is 15.1. The zero-order valence-corrected chi connectivity index (χ0v) is 11.3. The van der Waals surface area contributed by atoms with Gasteiger partial charge >= 0.3 is 5.97 Å². The van der Waals surface area contributed by atoms with Gasteiger partial charge in [0.1, 0.15) is 6.54 Å². The van der Waals surface area contributed by atoms with Crippen LogP contribution < -0.4 is 10.2 Å². The summed E-state index contributed by atoms with van der Waals surface area (Å²) in [6.07, 6.45) is 6.02. The molecular weight excluding hydrogens is 276 g/mol. The molecule has 0 fully saturated rings. The number of nitrogens with zero attached hydrogens (tertiary/aromatic N) is 5. The predicted molar refractivity (Wildman–Crippen MR) is 73.8 cm³/mol. The topological polar surface area (TPSA) is 113 Å². The average molecular weight is 290 g/mol. The molecule has 9 nitrogen and oxygen atoms in total. The number of aliphatic carboxylic acids is 1. The van der Waals surface area contributed by atoms with E-state index in [0.717, 1.165) is 0 Å². The molecule has 0 saturated heterocycles. The maximum absolute atomic E-state index is 11.9. The molecule has 0 bridgehead atoms. The number of aromatic nitrogens is 4. The summed E-state index contributed by atoms with van der Waals surface area (Å²) >= 11 is 0. The van der Waals surface area contributed by atoms with E-state index in [9.17, 15) is 9.59 Å². The second kappa shape index (κ2) is 6.46. The van der Waals surface area contributed by atoms with E-state index in [4.69, 9.17) is 5.11 Å². The normalized spacial score (nSPS) is 10.1. The van der Waals surface area contributed by atoms with Crippen molar-refractivity contribution in [2.75, 3.05) is 23.8 Å². The van der Waals surface area contributed by atoms with Gasteiger partial charge in [-0.1, -0.05) is 0 Å². The molecule has 21 heavy (non-hydrogen) atoms.